The van der Waals surface area contributed by atoms with Gasteiger partial charge in [-0.3, -0.25) is 9.59 Å². The minimum absolute atomic E-state index is 0.0239. The number of benzene rings is 2. The van der Waals surface area contributed by atoms with E-state index in [1.54, 1.807) is 16.7 Å². The van der Waals surface area contributed by atoms with E-state index in [1.165, 1.54) is 5.56 Å². The molecule has 31 heavy (non-hydrogen) atoms. The largest absolute Gasteiger partial charge is 0.354 e. The van der Waals surface area contributed by atoms with Crippen molar-refractivity contribution in [3.63, 3.8) is 0 Å². The summed E-state index contributed by atoms with van der Waals surface area (Å²) in [5.41, 5.74) is 2.21. The van der Waals surface area contributed by atoms with Crippen LogP contribution in [0.25, 0.3) is 0 Å². The second-order valence-corrected chi connectivity index (χ2v) is 9.23. The number of thioether (sulfide) groups is 1. The molecule has 0 spiro atoms. The van der Waals surface area contributed by atoms with Crippen LogP contribution >= 0.6 is 23.4 Å². The zero-order valence-electron chi connectivity index (χ0n) is 18.7. The third-order valence-corrected chi connectivity index (χ3v) is 6.38. The molecule has 2 aromatic carbocycles. The highest BCUT2D eigenvalue weighted by Crippen LogP contribution is 2.22. The van der Waals surface area contributed by atoms with Crippen LogP contribution in [-0.4, -0.2) is 35.1 Å². The van der Waals surface area contributed by atoms with Gasteiger partial charge in [0.2, 0.25) is 11.8 Å². The van der Waals surface area contributed by atoms with Gasteiger partial charge in [-0.25, -0.2) is 0 Å². The Kier molecular flexibility index (Phi) is 11.0. The van der Waals surface area contributed by atoms with Crippen molar-refractivity contribution in [1.29, 1.82) is 0 Å². The number of carbonyl (C=O) groups is 2. The highest BCUT2D eigenvalue weighted by molar-refractivity contribution is 7.99. The lowest BCUT2D eigenvalue weighted by molar-refractivity contribution is -0.141. The molecule has 6 heteroatoms. The number of halogens is 1. The topological polar surface area (TPSA) is 49.4 Å². The lowest BCUT2D eigenvalue weighted by Gasteiger charge is -2.30. The number of nitrogens with one attached hydrogen (secondary N) is 1. The average molecular weight is 461 g/mol. The van der Waals surface area contributed by atoms with Crippen LogP contribution in [0.15, 0.2) is 53.4 Å². The van der Waals surface area contributed by atoms with E-state index >= 15 is 0 Å². The Morgan fingerprint density at radius 2 is 1.74 bits per heavy atom. The smallest absolute Gasteiger partial charge is 0.242 e. The standard InChI is InChI=1S/C25H33ClN2O2S/c1-4-16-27-25(30)23(5-2)28(18-20-10-8-19(3)9-11-20)24(29)7-6-17-31-22-14-12-21(26)13-15-22/h8-15,23H,4-7,16-18H2,1-3H3,(H,27,30)/t23-/m0/s1. The van der Waals surface area contributed by atoms with Crippen molar-refractivity contribution in [2.45, 2.75) is 63.9 Å². The summed E-state index contributed by atoms with van der Waals surface area (Å²) in [6.45, 7) is 7.09. The molecule has 1 atom stereocenters. The van der Waals surface area contributed by atoms with E-state index in [0.717, 1.165) is 34.1 Å². The summed E-state index contributed by atoms with van der Waals surface area (Å²) in [5, 5.41) is 3.68. The fraction of sp³-hybridized carbons (Fsp3) is 0.440. The quantitative estimate of drug-likeness (QED) is 0.319. The Labute approximate surface area is 195 Å². The number of carbonyl (C=O) groups excluding carboxylic acids is 2. The van der Waals surface area contributed by atoms with Crippen molar-refractivity contribution < 1.29 is 9.59 Å². The van der Waals surface area contributed by atoms with Crippen molar-refractivity contribution in [3.05, 3.63) is 64.7 Å². The summed E-state index contributed by atoms with van der Waals surface area (Å²) in [6.07, 6.45) is 2.64. The SMILES string of the molecule is CCCNC(=O)[C@H](CC)N(Cc1ccc(C)cc1)C(=O)CCCSc1ccc(Cl)cc1. The minimum Gasteiger partial charge on any atom is -0.354 e. The predicted molar refractivity (Wildman–Crippen MR) is 131 cm³/mol. The summed E-state index contributed by atoms with van der Waals surface area (Å²) < 4.78 is 0. The minimum atomic E-state index is -0.454. The maximum atomic E-state index is 13.2. The molecule has 0 aromatic heterocycles. The summed E-state index contributed by atoms with van der Waals surface area (Å²) in [4.78, 5) is 28.8. The van der Waals surface area contributed by atoms with Crippen LogP contribution in [-0.2, 0) is 16.1 Å². The molecule has 2 aromatic rings. The van der Waals surface area contributed by atoms with Gasteiger partial charge in [0, 0.05) is 29.4 Å². The second kappa shape index (κ2) is 13.4. The molecule has 0 aliphatic rings. The van der Waals surface area contributed by atoms with Crippen LogP contribution in [0.2, 0.25) is 5.02 Å². The van der Waals surface area contributed by atoms with Crippen molar-refractivity contribution >= 4 is 35.2 Å². The molecule has 168 valence electrons. The van der Waals surface area contributed by atoms with Crippen molar-refractivity contribution in [2.24, 2.45) is 0 Å². The fourth-order valence-corrected chi connectivity index (χ4v) is 4.24. The van der Waals surface area contributed by atoms with Gasteiger partial charge < -0.3 is 10.2 Å². The fourth-order valence-electron chi connectivity index (χ4n) is 3.26. The number of aryl methyl sites for hydroxylation is 1. The third-order valence-electron chi connectivity index (χ3n) is 5.03. The Morgan fingerprint density at radius 1 is 1.06 bits per heavy atom. The lowest BCUT2D eigenvalue weighted by Crippen LogP contribution is -2.49. The second-order valence-electron chi connectivity index (χ2n) is 7.63. The molecule has 0 heterocycles. The lowest BCUT2D eigenvalue weighted by atomic mass is 10.1. The van der Waals surface area contributed by atoms with E-state index < -0.39 is 6.04 Å². The first-order valence-corrected chi connectivity index (χ1v) is 12.3. The van der Waals surface area contributed by atoms with Crippen LogP contribution in [0.4, 0.5) is 0 Å². The molecule has 0 saturated carbocycles. The molecular formula is C25H33ClN2O2S. The van der Waals surface area contributed by atoms with E-state index in [9.17, 15) is 9.59 Å². The van der Waals surface area contributed by atoms with Gasteiger partial charge in [-0.2, -0.15) is 0 Å². The maximum Gasteiger partial charge on any atom is 0.242 e. The van der Waals surface area contributed by atoms with Crippen LogP contribution in [0, 0.1) is 6.92 Å². The number of rotatable bonds is 12. The highest BCUT2D eigenvalue weighted by atomic mass is 35.5. The van der Waals surface area contributed by atoms with Gasteiger partial charge in [0.1, 0.15) is 6.04 Å². The molecular weight excluding hydrogens is 428 g/mol. The van der Waals surface area contributed by atoms with Crippen molar-refractivity contribution in [2.75, 3.05) is 12.3 Å². The molecule has 2 amide bonds. The summed E-state index contributed by atoms with van der Waals surface area (Å²) >= 11 is 7.64. The third kappa shape index (κ3) is 8.58. The number of nitrogens with zero attached hydrogens (tertiary/aromatic N) is 1. The monoisotopic (exact) mass is 460 g/mol. The summed E-state index contributed by atoms with van der Waals surface area (Å²) in [7, 11) is 0. The average Bonchev–Trinajstić information content (AvgIpc) is 2.77. The first-order chi connectivity index (χ1) is 14.9. The normalized spacial score (nSPS) is 11.7. The molecule has 0 unspecified atom stereocenters. The van der Waals surface area contributed by atoms with Gasteiger partial charge in [0.25, 0.3) is 0 Å². The summed E-state index contributed by atoms with van der Waals surface area (Å²) in [6, 6.07) is 15.4. The van der Waals surface area contributed by atoms with Crippen LogP contribution in [0.1, 0.15) is 50.7 Å². The van der Waals surface area contributed by atoms with Gasteiger partial charge in [-0.15, -0.1) is 11.8 Å². The van der Waals surface area contributed by atoms with Crippen molar-refractivity contribution in [3.8, 4) is 0 Å². The molecule has 0 bridgehead atoms. The number of amides is 2. The maximum absolute atomic E-state index is 13.2. The van der Waals surface area contributed by atoms with E-state index in [-0.39, 0.29) is 11.8 Å². The van der Waals surface area contributed by atoms with E-state index in [1.807, 2.05) is 69.3 Å². The highest BCUT2D eigenvalue weighted by Gasteiger charge is 2.28. The Balaban J connectivity index is 2.02. The van der Waals surface area contributed by atoms with Gasteiger partial charge >= 0.3 is 0 Å². The molecule has 0 saturated heterocycles. The van der Waals surface area contributed by atoms with Crippen LogP contribution in [0.3, 0.4) is 0 Å². The predicted octanol–water partition coefficient (Wildman–Crippen LogP) is 5.85. The zero-order valence-corrected chi connectivity index (χ0v) is 20.3. The Bertz CT molecular complexity index is 824. The number of hydrogen-bond donors (Lipinski definition) is 1. The van der Waals surface area contributed by atoms with Crippen LogP contribution in [0.5, 0.6) is 0 Å². The van der Waals surface area contributed by atoms with E-state index in [2.05, 4.69) is 5.32 Å². The molecule has 0 aliphatic carbocycles. The first kappa shape index (κ1) is 25.3. The molecule has 0 aliphatic heterocycles. The number of hydrogen-bond acceptors (Lipinski definition) is 3. The van der Waals surface area contributed by atoms with Gasteiger partial charge in [0.15, 0.2) is 0 Å². The van der Waals surface area contributed by atoms with E-state index in [0.29, 0.717) is 25.9 Å². The molecule has 4 nitrogen and oxygen atoms in total. The Hall–Kier alpha value is -1.98. The summed E-state index contributed by atoms with van der Waals surface area (Å²) in [5.74, 6) is 0.793. The van der Waals surface area contributed by atoms with Gasteiger partial charge in [-0.05, 0) is 61.8 Å². The first-order valence-electron chi connectivity index (χ1n) is 11.0. The van der Waals surface area contributed by atoms with Gasteiger partial charge in [0.05, 0.1) is 0 Å². The van der Waals surface area contributed by atoms with Crippen LogP contribution < -0.4 is 5.32 Å². The molecule has 0 radical (unpaired) electrons. The molecule has 0 fully saturated rings. The molecule has 2 rings (SSSR count). The molecule has 1 N–H and O–H groups in total. The zero-order chi connectivity index (χ0) is 22.6. The van der Waals surface area contributed by atoms with Gasteiger partial charge in [-0.1, -0.05) is 55.3 Å². The van der Waals surface area contributed by atoms with E-state index in [4.69, 9.17) is 11.6 Å². The van der Waals surface area contributed by atoms with Crippen molar-refractivity contribution in [1.82, 2.24) is 10.2 Å². The Morgan fingerprint density at radius 3 is 2.35 bits per heavy atom.